The quantitative estimate of drug-likeness (QED) is 0.866. The van der Waals surface area contributed by atoms with Crippen LogP contribution in [0.4, 0.5) is 0 Å². The summed E-state index contributed by atoms with van der Waals surface area (Å²) < 4.78 is 0. The van der Waals surface area contributed by atoms with E-state index in [1.165, 1.54) is 12.8 Å². The highest BCUT2D eigenvalue weighted by atomic mass is 16.2. The van der Waals surface area contributed by atoms with Gasteiger partial charge in [0, 0.05) is 25.2 Å². The first-order chi connectivity index (χ1) is 10.3. The fourth-order valence-corrected chi connectivity index (χ4v) is 3.77. The number of hydrogen-bond donors (Lipinski definition) is 1. The molecule has 0 aromatic heterocycles. The van der Waals surface area contributed by atoms with Crippen molar-refractivity contribution < 1.29 is 4.79 Å². The summed E-state index contributed by atoms with van der Waals surface area (Å²) in [4.78, 5) is 17.2. The van der Waals surface area contributed by atoms with Crippen LogP contribution in [0.15, 0.2) is 0 Å². The Bertz CT molecular complexity index is 373. The van der Waals surface area contributed by atoms with Crippen LogP contribution >= 0.6 is 0 Å². The monoisotopic (exact) mass is 309 g/mol. The summed E-state index contributed by atoms with van der Waals surface area (Å²) in [6, 6.07) is 0.894. The van der Waals surface area contributed by atoms with Crippen LogP contribution in [0.1, 0.15) is 53.9 Å². The average Bonchev–Trinajstić information content (AvgIpc) is 2.43. The second kappa shape index (κ2) is 7.31. The molecule has 0 spiro atoms. The maximum atomic E-state index is 12.4. The third kappa shape index (κ3) is 4.69. The van der Waals surface area contributed by atoms with Crippen LogP contribution in [0.5, 0.6) is 0 Å². The summed E-state index contributed by atoms with van der Waals surface area (Å²) >= 11 is 0. The molecule has 0 aliphatic carbocycles. The van der Waals surface area contributed by atoms with Crippen LogP contribution in [-0.4, -0.2) is 60.5 Å². The van der Waals surface area contributed by atoms with Crippen LogP contribution in [0, 0.1) is 11.3 Å². The number of nitrogens with one attached hydrogen (secondary N) is 1. The normalized spacial score (nSPS) is 28.0. The smallest absolute Gasteiger partial charge is 0.234 e. The first-order valence-corrected chi connectivity index (χ1v) is 9.03. The molecule has 2 saturated heterocycles. The standard InChI is InChI=1S/C18H35N3O/c1-14(2)21-11-8-16(18(4,5)13-21)19-17(22)12-20-9-6-15(3)7-10-20/h14-16H,6-13H2,1-5H3,(H,19,22). The van der Waals surface area contributed by atoms with E-state index in [0.29, 0.717) is 18.6 Å². The minimum Gasteiger partial charge on any atom is -0.352 e. The van der Waals surface area contributed by atoms with Gasteiger partial charge in [-0.05, 0) is 57.5 Å². The van der Waals surface area contributed by atoms with Gasteiger partial charge in [-0.2, -0.15) is 0 Å². The van der Waals surface area contributed by atoms with E-state index in [-0.39, 0.29) is 11.3 Å². The molecule has 22 heavy (non-hydrogen) atoms. The highest BCUT2D eigenvalue weighted by Crippen LogP contribution is 2.30. The van der Waals surface area contributed by atoms with Crippen molar-refractivity contribution in [1.29, 1.82) is 0 Å². The maximum Gasteiger partial charge on any atom is 0.234 e. The lowest BCUT2D eigenvalue weighted by Crippen LogP contribution is -2.58. The Balaban J connectivity index is 1.81. The lowest BCUT2D eigenvalue weighted by atomic mass is 9.78. The second-order valence-corrected chi connectivity index (χ2v) is 8.42. The molecule has 1 amide bonds. The predicted molar refractivity (Wildman–Crippen MR) is 91.9 cm³/mol. The topological polar surface area (TPSA) is 35.6 Å². The Morgan fingerprint density at radius 2 is 1.82 bits per heavy atom. The summed E-state index contributed by atoms with van der Waals surface area (Å²) in [5, 5.41) is 3.32. The number of piperidine rings is 2. The minimum absolute atomic E-state index is 0.147. The lowest BCUT2D eigenvalue weighted by Gasteiger charge is -2.46. The third-order valence-corrected chi connectivity index (χ3v) is 5.57. The van der Waals surface area contributed by atoms with Crippen molar-refractivity contribution in [3.8, 4) is 0 Å². The van der Waals surface area contributed by atoms with Gasteiger partial charge >= 0.3 is 0 Å². The molecule has 0 bridgehead atoms. The number of rotatable bonds is 4. The predicted octanol–water partition coefficient (Wildman–Crippen LogP) is 2.34. The summed E-state index contributed by atoms with van der Waals surface area (Å²) in [5.41, 5.74) is 0.147. The van der Waals surface area contributed by atoms with Gasteiger partial charge < -0.3 is 10.2 Å². The molecule has 128 valence electrons. The zero-order valence-corrected chi connectivity index (χ0v) is 15.2. The van der Waals surface area contributed by atoms with Crippen molar-refractivity contribution >= 4 is 5.91 Å². The van der Waals surface area contributed by atoms with Crippen molar-refractivity contribution in [2.75, 3.05) is 32.7 Å². The summed E-state index contributed by atoms with van der Waals surface area (Å²) in [6.07, 6.45) is 3.52. The second-order valence-electron chi connectivity index (χ2n) is 8.42. The molecule has 1 N–H and O–H groups in total. The Labute approximate surface area is 136 Å². The first kappa shape index (κ1) is 17.7. The molecule has 1 atom stereocenters. The zero-order valence-electron chi connectivity index (χ0n) is 15.2. The fourth-order valence-electron chi connectivity index (χ4n) is 3.77. The van der Waals surface area contributed by atoms with Gasteiger partial charge in [-0.1, -0.05) is 20.8 Å². The molecular formula is C18H35N3O. The highest BCUT2D eigenvalue weighted by molar-refractivity contribution is 5.78. The van der Waals surface area contributed by atoms with Gasteiger partial charge in [-0.15, -0.1) is 0 Å². The summed E-state index contributed by atoms with van der Waals surface area (Å²) in [6.45, 7) is 16.3. The van der Waals surface area contributed by atoms with Gasteiger partial charge in [0.2, 0.25) is 5.91 Å². The molecule has 2 rings (SSSR count). The molecule has 2 fully saturated rings. The molecule has 2 heterocycles. The van der Waals surface area contributed by atoms with Gasteiger partial charge in [0.15, 0.2) is 0 Å². The van der Waals surface area contributed by atoms with Gasteiger partial charge in [-0.3, -0.25) is 9.69 Å². The molecule has 0 radical (unpaired) electrons. The van der Waals surface area contributed by atoms with E-state index < -0.39 is 0 Å². The van der Waals surface area contributed by atoms with Crippen LogP contribution < -0.4 is 5.32 Å². The van der Waals surface area contributed by atoms with Crippen LogP contribution in [0.2, 0.25) is 0 Å². The van der Waals surface area contributed by atoms with E-state index in [1.54, 1.807) is 0 Å². The molecule has 2 aliphatic rings. The lowest BCUT2D eigenvalue weighted by molar-refractivity contribution is -0.124. The van der Waals surface area contributed by atoms with Crippen LogP contribution in [0.3, 0.4) is 0 Å². The zero-order chi connectivity index (χ0) is 16.3. The summed E-state index contributed by atoms with van der Waals surface area (Å²) in [5.74, 6) is 1.03. The number of likely N-dealkylation sites (tertiary alicyclic amines) is 2. The van der Waals surface area contributed by atoms with E-state index in [9.17, 15) is 4.79 Å². The third-order valence-electron chi connectivity index (χ3n) is 5.57. The minimum atomic E-state index is 0.147. The Hall–Kier alpha value is -0.610. The molecule has 0 aromatic rings. The van der Waals surface area contributed by atoms with Crippen LogP contribution in [-0.2, 0) is 4.79 Å². The number of amides is 1. The van der Waals surface area contributed by atoms with E-state index in [1.807, 2.05) is 0 Å². The van der Waals surface area contributed by atoms with Gasteiger partial charge in [0.25, 0.3) is 0 Å². The van der Waals surface area contributed by atoms with Crippen molar-refractivity contribution in [2.45, 2.75) is 66.0 Å². The highest BCUT2D eigenvalue weighted by Gasteiger charge is 2.37. The molecule has 4 nitrogen and oxygen atoms in total. The van der Waals surface area contributed by atoms with Crippen molar-refractivity contribution in [2.24, 2.45) is 11.3 Å². The Morgan fingerprint density at radius 3 is 2.36 bits per heavy atom. The number of carbonyl (C=O) groups is 1. The summed E-state index contributed by atoms with van der Waals surface area (Å²) in [7, 11) is 0. The fraction of sp³-hybridized carbons (Fsp3) is 0.944. The molecular weight excluding hydrogens is 274 g/mol. The average molecular weight is 309 g/mol. The van der Waals surface area contributed by atoms with E-state index in [0.717, 1.165) is 38.5 Å². The van der Waals surface area contributed by atoms with E-state index >= 15 is 0 Å². The number of nitrogens with zero attached hydrogens (tertiary/aromatic N) is 2. The van der Waals surface area contributed by atoms with Gasteiger partial charge in [-0.25, -0.2) is 0 Å². The SMILES string of the molecule is CC1CCN(CC(=O)NC2CCN(C(C)C)CC2(C)C)CC1. The van der Waals surface area contributed by atoms with Crippen molar-refractivity contribution in [3.63, 3.8) is 0 Å². The molecule has 0 aromatic carbocycles. The van der Waals surface area contributed by atoms with E-state index in [4.69, 9.17) is 0 Å². The molecule has 0 saturated carbocycles. The Morgan fingerprint density at radius 1 is 1.18 bits per heavy atom. The Kier molecular flexibility index (Phi) is 5.89. The first-order valence-electron chi connectivity index (χ1n) is 9.03. The van der Waals surface area contributed by atoms with Gasteiger partial charge in [0.1, 0.15) is 0 Å². The number of carbonyl (C=O) groups excluding carboxylic acids is 1. The maximum absolute atomic E-state index is 12.4. The van der Waals surface area contributed by atoms with Crippen molar-refractivity contribution in [1.82, 2.24) is 15.1 Å². The largest absolute Gasteiger partial charge is 0.352 e. The van der Waals surface area contributed by atoms with Crippen LogP contribution in [0.25, 0.3) is 0 Å². The van der Waals surface area contributed by atoms with Gasteiger partial charge in [0.05, 0.1) is 6.54 Å². The molecule has 4 heteroatoms. The van der Waals surface area contributed by atoms with E-state index in [2.05, 4.69) is 49.7 Å². The molecule has 2 aliphatic heterocycles. The van der Waals surface area contributed by atoms with Crippen molar-refractivity contribution in [3.05, 3.63) is 0 Å². The number of hydrogen-bond acceptors (Lipinski definition) is 3. The molecule has 1 unspecified atom stereocenters.